The normalized spacial score (nSPS) is 18.7. The molecule has 2 unspecified atom stereocenters. The summed E-state index contributed by atoms with van der Waals surface area (Å²) in [7, 11) is 1.70. The molecule has 4 nitrogen and oxygen atoms in total. The van der Waals surface area contributed by atoms with Crippen LogP contribution in [0.15, 0.2) is 60.0 Å². The zero-order valence-corrected chi connectivity index (χ0v) is 16.4. The van der Waals surface area contributed by atoms with E-state index in [1.807, 2.05) is 23.6 Å². The number of likely N-dealkylation sites (N-methyl/N-ethyl adjacent to an activating group) is 1. The maximum atomic E-state index is 13.3. The van der Waals surface area contributed by atoms with Crippen molar-refractivity contribution in [3.8, 4) is 0 Å². The van der Waals surface area contributed by atoms with Crippen molar-refractivity contribution in [1.82, 2.24) is 4.90 Å². The van der Waals surface area contributed by atoms with Gasteiger partial charge < -0.3 is 10.2 Å². The van der Waals surface area contributed by atoms with E-state index in [4.69, 9.17) is 11.6 Å². The minimum absolute atomic E-state index is 0.120. The van der Waals surface area contributed by atoms with Gasteiger partial charge in [0.2, 0.25) is 5.91 Å². The van der Waals surface area contributed by atoms with Crippen LogP contribution < -0.4 is 5.32 Å². The summed E-state index contributed by atoms with van der Waals surface area (Å²) in [6.07, 6.45) is 0. The van der Waals surface area contributed by atoms with Gasteiger partial charge in [0, 0.05) is 17.5 Å². The van der Waals surface area contributed by atoms with Gasteiger partial charge in [0.05, 0.1) is 22.7 Å². The zero-order chi connectivity index (χ0) is 19.8. The minimum Gasteiger partial charge on any atom is -0.333 e. The van der Waals surface area contributed by atoms with Crippen LogP contribution >= 0.6 is 22.9 Å². The summed E-state index contributed by atoms with van der Waals surface area (Å²) < 4.78 is 13.3. The van der Waals surface area contributed by atoms with Gasteiger partial charge in [0.1, 0.15) is 5.82 Å². The maximum Gasteiger partial charge on any atom is 0.254 e. The molecule has 1 aliphatic rings. The smallest absolute Gasteiger partial charge is 0.254 e. The van der Waals surface area contributed by atoms with Crippen molar-refractivity contribution in [2.75, 3.05) is 12.4 Å². The lowest BCUT2D eigenvalue weighted by Gasteiger charge is -2.39. The van der Waals surface area contributed by atoms with E-state index in [9.17, 15) is 14.0 Å². The third kappa shape index (κ3) is 3.19. The maximum absolute atomic E-state index is 13.3. The molecule has 0 aliphatic carbocycles. The highest BCUT2D eigenvalue weighted by atomic mass is 35.5. The fourth-order valence-corrected chi connectivity index (χ4v) is 4.69. The number of carbonyl (C=O) groups excluding carboxylic acids is 2. The summed E-state index contributed by atoms with van der Waals surface area (Å²) in [6, 6.07) is 14.3. The van der Waals surface area contributed by atoms with Crippen molar-refractivity contribution in [2.45, 2.75) is 12.0 Å². The molecule has 2 amide bonds. The molecule has 0 spiro atoms. The highest BCUT2D eigenvalue weighted by Gasteiger charge is 2.43. The van der Waals surface area contributed by atoms with Gasteiger partial charge in [-0.25, -0.2) is 4.39 Å². The van der Waals surface area contributed by atoms with Gasteiger partial charge in [-0.05, 0) is 41.3 Å². The van der Waals surface area contributed by atoms with E-state index < -0.39 is 17.8 Å². The molecule has 0 fully saturated rings. The topological polar surface area (TPSA) is 49.4 Å². The van der Waals surface area contributed by atoms with Crippen molar-refractivity contribution in [3.63, 3.8) is 0 Å². The molecule has 0 bridgehead atoms. The molecule has 7 heteroatoms. The Kier molecular flexibility index (Phi) is 4.91. The molecule has 1 aromatic heterocycles. The Morgan fingerprint density at radius 1 is 1.18 bits per heavy atom. The second-order valence-electron chi connectivity index (χ2n) is 6.55. The summed E-state index contributed by atoms with van der Waals surface area (Å²) >= 11 is 7.58. The van der Waals surface area contributed by atoms with Crippen LogP contribution in [-0.4, -0.2) is 23.8 Å². The summed E-state index contributed by atoms with van der Waals surface area (Å²) in [6.45, 7) is 0. The van der Waals surface area contributed by atoms with Gasteiger partial charge in [-0.1, -0.05) is 35.9 Å². The second kappa shape index (κ2) is 7.37. The summed E-state index contributed by atoms with van der Waals surface area (Å²) in [5, 5.41) is 4.84. The number of rotatable bonds is 3. The highest BCUT2D eigenvalue weighted by molar-refractivity contribution is 7.10. The minimum atomic E-state index is -0.626. The predicted octanol–water partition coefficient (Wildman–Crippen LogP) is 5.09. The van der Waals surface area contributed by atoms with Crippen LogP contribution in [-0.2, 0) is 4.79 Å². The Morgan fingerprint density at radius 3 is 2.68 bits per heavy atom. The van der Waals surface area contributed by atoms with Crippen LogP contribution in [0.2, 0.25) is 5.02 Å². The van der Waals surface area contributed by atoms with Gasteiger partial charge in [-0.2, -0.15) is 0 Å². The number of nitrogens with zero attached hydrogens (tertiary/aromatic N) is 1. The number of carbonyl (C=O) groups is 2. The molecule has 142 valence electrons. The van der Waals surface area contributed by atoms with Gasteiger partial charge in [-0.15, -0.1) is 11.3 Å². The Hall–Kier alpha value is -2.70. The molecule has 2 aromatic carbocycles. The summed E-state index contributed by atoms with van der Waals surface area (Å²) in [5.74, 6) is -1.54. The van der Waals surface area contributed by atoms with Crippen molar-refractivity contribution in [2.24, 2.45) is 0 Å². The first kappa shape index (κ1) is 18.7. The van der Waals surface area contributed by atoms with Gasteiger partial charge in [0.15, 0.2) is 0 Å². The molecule has 0 radical (unpaired) electrons. The molecule has 2 heterocycles. The van der Waals surface area contributed by atoms with Crippen molar-refractivity contribution in [1.29, 1.82) is 0 Å². The molecule has 3 aromatic rings. The molecular weight excluding hydrogens is 399 g/mol. The standard InChI is InChI=1S/C21H16ClFN2O2S/c1-25-19(17-7-4-10-28-17)18(13-5-2-3-6-14(13)21(25)27)20(26)24-16-9-8-12(23)11-15(16)22/h2-11,18-19H,1H3,(H,24,26). The lowest BCUT2D eigenvalue weighted by Crippen LogP contribution is -2.43. The van der Waals surface area contributed by atoms with Crippen LogP contribution in [0.4, 0.5) is 10.1 Å². The number of halogens is 2. The lowest BCUT2D eigenvalue weighted by atomic mass is 9.81. The molecule has 2 atom stereocenters. The van der Waals surface area contributed by atoms with Crippen LogP contribution in [0.25, 0.3) is 0 Å². The SMILES string of the molecule is CN1C(=O)c2ccccc2C(C(=O)Nc2ccc(F)cc2Cl)C1c1cccs1. The van der Waals surface area contributed by atoms with Crippen LogP contribution in [0.1, 0.15) is 32.8 Å². The Morgan fingerprint density at radius 2 is 1.96 bits per heavy atom. The third-order valence-electron chi connectivity index (χ3n) is 4.89. The number of hydrogen-bond acceptors (Lipinski definition) is 3. The molecule has 0 saturated heterocycles. The average molecular weight is 415 g/mol. The highest BCUT2D eigenvalue weighted by Crippen LogP contribution is 2.44. The summed E-state index contributed by atoms with van der Waals surface area (Å²) in [4.78, 5) is 28.7. The molecule has 1 aliphatic heterocycles. The monoisotopic (exact) mass is 414 g/mol. The number of amides is 2. The molecular formula is C21H16ClFN2O2S. The number of thiophene rings is 1. The molecule has 0 saturated carbocycles. The van der Waals surface area contributed by atoms with Crippen molar-refractivity contribution < 1.29 is 14.0 Å². The van der Waals surface area contributed by atoms with E-state index >= 15 is 0 Å². The average Bonchev–Trinajstić information content (AvgIpc) is 3.21. The third-order valence-corrected chi connectivity index (χ3v) is 6.14. The fraction of sp³-hybridized carbons (Fsp3) is 0.143. The lowest BCUT2D eigenvalue weighted by molar-refractivity contribution is -0.119. The van der Waals surface area contributed by atoms with E-state index in [-0.39, 0.29) is 16.8 Å². The fourth-order valence-electron chi connectivity index (χ4n) is 3.57. The molecule has 4 rings (SSSR count). The zero-order valence-electron chi connectivity index (χ0n) is 14.9. The van der Waals surface area contributed by atoms with Crippen molar-refractivity contribution in [3.05, 3.63) is 86.8 Å². The Labute approximate surface area is 170 Å². The van der Waals surface area contributed by atoms with E-state index in [2.05, 4.69) is 5.32 Å². The Bertz CT molecular complexity index is 1050. The predicted molar refractivity (Wildman–Crippen MR) is 108 cm³/mol. The van der Waals surface area contributed by atoms with Crippen LogP contribution in [0.5, 0.6) is 0 Å². The van der Waals surface area contributed by atoms with E-state index in [1.165, 1.54) is 23.5 Å². The van der Waals surface area contributed by atoms with Gasteiger partial charge >= 0.3 is 0 Å². The van der Waals surface area contributed by atoms with E-state index in [0.29, 0.717) is 16.8 Å². The van der Waals surface area contributed by atoms with Crippen LogP contribution in [0.3, 0.4) is 0 Å². The van der Waals surface area contributed by atoms with Crippen LogP contribution in [0, 0.1) is 5.82 Å². The molecule has 1 N–H and O–H groups in total. The Balaban J connectivity index is 1.79. The van der Waals surface area contributed by atoms with E-state index in [0.717, 1.165) is 10.9 Å². The second-order valence-corrected chi connectivity index (χ2v) is 7.94. The van der Waals surface area contributed by atoms with Gasteiger partial charge in [-0.3, -0.25) is 9.59 Å². The largest absolute Gasteiger partial charge is 0.333 e. The van der Waals surface area contributed by atoms with Gasteiger partial charge in [0.25, 0.3) is 5.91 Å². The first-order valence-corrected chi connectivity index (χ1v) is 9.88. The number of benzene rings is 2. The molecule has 28 heavy (non-hydrogen) atoms. The summed E-state index contributed by atoms with van der Waals surface area (Å²) in [5.41, 5.74) is 1.50. The quantitative estimate of drug-likeness (QED) is 0.649. The number of nitrogens with one attached hydrogen (secondary N) is 1. The number of anilines is 1. The first-order chi connectivity index (χ1) is 13.5. The number of fused-ring (bicyclic) bond motifs is 1. The van der Waals surface area contributed by atoms with E-state index in [1.54, 1.807) is 30.1 Å². The number of hydrogen-bond donors (Lipinski definition) is 1. The van der Waals surface area contributed by atoms with Crippen molar-refractivity contribution >= 4 is 40.4 Å². The first-order valence-electron chi connectivity index (χ1n) is 8.63.